The first-order valence-corrected chi connectivity index (χ1v) is 7.17. The maximum atomic E-state index is 13.7. The van der Waals surface area contributed by atoms with Gasteiger partial charge in [-0.25, -0.2) is 8.78 Å². The summed E-state index contributed by atoms with van der Waals surface area (Å²) >= 11 is 5.78. The molecule has 0 saturated heterocycles. The third-order valence-electron chi connectivity index (χ3n) is 3.56. The van der Waals surface area contributed by atoms with Crippen LogP contribution in [0.3, 0.4) is 0 Å². The SMILES string of the molecule is O=C1C[C@H](C(=O)Nc2cc(Cl)ccc2F)c2ccc(F)cc2N1. The van der Waals surface area contributed by atoms with Gasteiger partial charge in [0.25, 0.3) is 0 Å². The molecule has 2 amide bonds. The summed E-state index contributed by atoms with van der Waals surface area (Å²) in [4.78, 5) is 24.1. The fraction of sp³-hybridized carbons (Fsp3) is 0.125. The molecule has 0 bridgehead atoms. The number of benzene rings is 2. The lowest BCUT2D eigenvalue weighted by Gasteiger charge is -2.25. The van der Waals surface area contributed by atoms with Gasteiger partial charge < -0.3 is 10.6 Å². The van der Waals surface area contributed by atoms with E-state index in [1.165, 1.54) is 24.3 Å². The number of anilines is 2. The van der Waals surface area contributed by atoms with E-state index in [1.54, 1.807) is 0 Å². The molecule has 0 saturated carbocycles. The Morgan fingerprint density at radius 3 is 2.78 bits per heavy atom. The lowest BCUT2D eigenvalue weighted by Crippen LogP contribution is -2.31. The molecule has 2 aromatic carbocycles. The van der Waals surface area contributed by atoms with Gasteiger partial charge in [0.15, 0.2) is 0 Å². The van der Waals surface area contributed by atoms with Crippen molar-refractivity contribution in [3.8, 4) is 0 Å². The van der Waals surface area contributed by atoms with Crippen LogP contribution in [-0.2, 0) is 9.59 Å². The van der Waals surface area contributed by atoms with E-state index < -0.39 is 29.4 Å². The molecule has 2 N–H and O–H groups in total. The van der Waals surface area contributed by atoms with Crippen LogP contribution >= 0.6 is 11.6 Å². The van der Waals surface area contributed by atoms with Crippen molar-refractivity contribution in [1.29, 1.82) is 0 Å². The molecular formula is C16H11ClF2N2O2. The number of carbonyl (C=O) groups excluding carboxylic acids is 2. The summed E-state index contributed by atoms with van der Waals surface area (Å²) in [5.41, 5.74) is 0.649. The van der Waals surface area contributed by atoms with Crippen LogP contribution < -0.4 is 10.6 Å². The van der Waals surface area contributed by atoms with Gasteiger partial charge in [-0.1, -0.05) is 17.7 Å². The number of hydrogen-bond acceptors (Lipinski definition) is 2. The zero-order valence-electron chi connectivity index (χ0n) is 11.7. The van der Waals surface area contributed by atoms with Crippen molar-refractivity contribution in [2.24, 2.45) is 0 Å². The molecule has 2 aromatic rings. The van der Waals surface area contributed by atoms with E-state index >= 15 is 0 Å². The molecule has 0 fully saturated rings. The third-order valence-corrected chi connectivity index (χ3v) is 3.79. The largest absolute Gasteiger partial charge is 0.326 e. The molecular weight excluding hydrogens is 326 g/mol. The lowest BCUT2D eigenvalue weighted by atomic mass is 9.89. The molecule has 0 radical (unpaired) electrons. The smallest absolute Gasteiger partial charge is 0.232 e. The summed E-state index contributed by atoms with van der Waals surface area (Å²) in [5.74, 6) is -2.96. The summed E-state index contributed by atoms with van der Waals surface area (Å²) in [6.45, 7) is 0. The highest BCUT2D eigenvalue weighted by Crippen LogP contribution is 2.34. The summed E-state index contributed by atoms with van der Waals surface area (Å²) in [6.07, 6.45) is -0.105. The maximum Gasteiger partial charge on any atom is 0.232 e. The minimum Gasteiger partial charge on any atom is -0.326 e. The Labute approximate surface area is 135 Å². The van der Waals surface area contributed by atoms with Crippen molar-refractivity contribution >= 4 is 34.8 Å². The van der Waals surface area contributed by atoms with E-state index in [9.17, 15) is 18.4 Å². The van der Waals surface area contributed by atoms with E-state index in [-0.39, 0.29) is 22.8 Å². The fourth-order valence-electron chi connectivity index (χ4n) is 2.48. The van der Waals surface area contributed by atoms with Gasteiger partial charge in [0, 0.05) is 17.1 Å². The average Bonchev–Trinajstić information content (AvgIpc) is 2.49. The Morgan fingerprint density at radius 2 is 2.00 bits per heavy atom. The minimum atomic E-state index is -0.835. The number of hydrogen-bond donors (Lipinski definition) is 2. The van der Waals surface area contributed by atoms with Crippen LogP contribution in [-0.4, -0.2) is 11.8 Å². The van der Waals surface area contributed by atoms with Gasteiger partial charge in [0.05, 0.1) is 11.6 Å². The Hall–Kier alpha value is -2.47. The lowest BCUT2D eigenvalue weighted by molar-refractivity contribution is -0.123. The van der Waals surface area contributed by atoms with Crippen molar-refractivity contribution < 1.29 is 18.4 Å². The summed E-state index contributed by atoms with van der Waals surface area (Å²) in [6, 6.07) is 7.56. The minimum absolute atomic E-state index is 0.0721. The number of carbonyl (C=O) groups is 2. The molecule has 1 aliphatic rings. The topological polar surface area (TPSA) is 58.2 Å². The molecule has 7 heteroatoms. The van der Waals surface area contributed by atoms with Crippen LogP contribution in [0, 0.1) is 11.6 Å². The Kier molecular flexibility index (Phi) is 4.00. The molecule has 0 aliphatic carbocycles. The predicted molar refractivity (Wildman–Crippen MR) is 82.4 cm³/mol. The highest BCUT2D eigenvalue weighted by molar-refractivity contribution is 6.30. The van der Waals surface area contributed by atoms with Gasteiger partial charge in [0.2, 0.25) is 11.8 Å². The van der Waals surface area contributed by atoms with E-state index in [0.717, 1.165) is 12.1 Å². The highest BCUT2D eigenvalue weighted by Gasteiger charge is 2.31. The molecule has 1 atom stereocenters. The van der Waals surface area contributed by atoms with Crippen molar-refractivity contribution in [1.82, 2.24) is 0 Å². The second-order valence-electron chi connectivity index (χ2n) is 5.15. The normalized spacial score (nSPS) is 16.5. The van der Waals surface area contributed by atoms with Crippen molar-refractivity contribution in [3.63, 3.8) is 0 Å². The molecule has 1 aliphatic heterocycles. The van der Waals surface area contributed by atoms with Crippen molar-refractivity contribution in [2.75, 3.05) is 10.6 Å². The number of amides is 2. The van der Waals surface area contributed by atoms with Gasteiger partial charge in [0.1, 0.15) is 11.6 Å². The first-order valence-electron chi connectivity index (χ1n) is 6.79. The van der Waals surface area contributed by atoms with E-state index in [1.807, 2.05) is 0 Å². The second-order valence-corrected chi connectivity index (χ2v) is 5.59. The average molecular weight is 337 g/mol. The van der Waals surface area contributed by atoms with Crippen LogP contribution in [0.2, 0.25) is 5.02 Å². The molecule has 0 unspecified atom stereocenters. The van der Waals surface area contributed by atoms with Crippen LogP contribution in [0.1, 0.15) is 17.9 Å². The summed E-state index contributed by atoms with van der Waals surface area (Å²) < 4.78 is 27.0. The molecule has 118 valence electrons. The van der Waals surface area contributed by atoms with Gasteiger partial charge in [-0.15, -0.1) is 0 Å². The Balaban J connectivity index is 1.91. The quantitative estimate of drug-likeness (QED) is 0.879. The number of halogens is 3. The van der Waals surface area contributed by atoms with Gasteiger partial charge in [-0.3, -0.25) is 9.59 Å². The van der Waals surface area contributed by atoms with E-state index in [4.69, 9.17) is 11.6 Å². The van der Waals surface area contributed by atoms with Crippen LogP contribution in [0.25, 0.3) is 0 Å². The number of rotatable bonds is 2. The van der Waals surface area contributed by atoms with E-state index in [0.29, 0.717) is 5.56 Å². The standard InChI is InChI=1S/C16H11ClF2N2O2/c17-8-1-4-12(19)14(5-8)21-16(23)11-7-15(22)20-13-6-9(18)2-3-10(11)13/h1-6,11H,7H2,(H,20,22)(H,21,23)/t11-/m0/s1. The molecule has 1 heterocycles. The van der Waals surface area contributed by atoms with Gasteiger partial charge in [-0.05, 0) is 35.9 Å². The molecule has 4 nitrogen and oxygen atoms in total. The molecule has 0 aromatic heterocycles. The monoisotopic (exact) mass is 336 g/mol. The molecule has 23 heavy (non-hydrogen) atoms. The second kappa shape index (κ2) is 5.96. The number of nitrogens with one attached hydrogen (secondary N) is 2. The van der Waals surface area contributed by atoms with Crippen LogP contribution in [0.4, 0.5) is 20.2 Å². The van der Waals surface area contributed by atoms with Gasteiger partial charge in [-0.2, -0.15) is 0 Å². The maximum absolute atomic E-state index is 13.7. The van der Waals surface area contributed by atoms with Crippen molar-refractivity contribution in [3.05, 3.63) is 58.6 Å². The predicted octanol–water partition coefficient (Wildman–Crippen LogP) is 3.68. The Bertz CT molecular complexity index is 811. The van der Waals surface area contributed by atoms with Crippen molar-refractivity contribution in [2.45, 2.75) is 12.3 Å². The highest BCUT2D eigenvalue weighted by atomic mass is 35.5. The van der Waals surface area contributed by atoms with Crippen LogP contribution in [0.5, 0.6) is 0 Å². The van der Waals surface area contributed by atoms with E-state index in [2.05, 4.69) is 10.6 Å². The van der Waals surface area contributed by atoms with Gasteiger partial charge >= 0.3 is 0 Å². The zero-order valence-corrected chi connectivity index (χ0v) is 12.5. The fourth-order valence-corrected chi connectivity index (χ4v) is 2.66. The number of fused-ring (bicyclic) bond motifs is 1. The van der Waals surface area contributed by atoms with Crippen LogP contribution in [0.15, 0.2) is 36.4 Å². The summed E-state index contributed by atoms with van der Waals surface area (Å²) in [5, 5.41) is 5.21. The molecule has 3 rings (SSSR count). The molecule has 0 spiro atoms. The Morgan fingerprint density at radius 1 is 1.22 bits per heavy atom. The zero-order chi connectivity index (χ0) is 16.6. The third kappa shape index (κ3) is 3.17. The first kappa shape index (κ1) is 15.4. The first-order chi connectivity index (χ1) is 10.9. The summed E-state index contributed by atoms with van der Waals surface area (Å²) in [7, 11) is 0.